The molecule has 0 bridgehead atoms. The Morgan fingerprint density at radius 1 is 0.938 bits per heavy atom. The quantitative estimate of drug-likeness (QED) is 0.516. The highest BCUT2D eigenvalue weighted by Crippen LogP contribution is 2.10. The van der Waals surface area contributed by atoms with E-state index in [1.807, 2.05) is 0 Å². The van der Waals surface area contributed by atoms with Gasteiger partial charge in [0.2, 0.25) is 0 Å². The standard InChI is InChI=1S/C14H27O2/c1-2-3-4-5-6-7-8-9-10-11-14(16)12-13-15/h12,15H,2-11,13H2,1H3. The molecule has 0 amide bonds. The largest absolute Gasteiger partial charge is 0.396 e. The van der Waals surface area contributed by atoms with Gasteiger partial charge in [0.05, 0.1) is 13.0 Å². The number of rotatable bonds is 12. The molecule has 95 valence electrons. The molecule has 0 rings (SSSR count). The van der Waals surface area contributed by atoms with E-state index in [0.717, 1.165) is 12.8 Å². The van der Waals surface area contributed by atoms with Crippen molar-refractivity contribution >= 4 is 5.78 Å². The fourth-order valence-corrected chi connectivity index (χ4v) is 1.81. The van der Waals surface area contributed by atoms with Crippen molar-refractivity contribution in [2.24, 2.45) is 0 Å². The zero-order valence-electron chi connectivity index (χ0n) is 10.7. The van der Waals surface area contributed by atoms with Crippen LogP contribution in [-0.4, -0.2) is 17.5 Å². The van der Waals surface area contributed by atoms with Gasteiger partial charge in [-0.2, -0.15) is 0 Å². The number of aliphatic hydroxyl groups is 1. The summed E-state index contributed by atoms with van der Waals surface area (Å²) in [5, 5.41) is 8.50. The fraction of sp³-hybridized carbons (Fsp3) is 0.857. The molecule has 0 aromatic rings. The van der Waals surface area contributed by atoms with Gasteiger partial charge in [-0.05, 0) is 6.42 Å². The molecule has 0 aromatic heterocycles. The van der Waals surface area contributed by atoms with Crippen molar-refractivity contribution in [1.29, 1.82) is 0 Å². The summed E-state index contributed by atoms with van der Waals surface area (Å²) in [6.07, 6.45) is 13.4. The Morgan fingerprint density at radius 2 is 1.44 bits per heavy atom. The lowest BCUT2D eigenvalue weighted by Crippen LogP contribution is -2.01. The van der Waals surface area contributed by atoms with Gasteiger partial charge in [0, 0.05) is 6.42 Å². The molecule has 1 N–H and O–H groups in total. The van der Waals surface area contributed by atoms with Crippen molar-refractivity contribution in [2.75, 3.05) is 6.61 Å². The summed E-state index contributed by atoms with van der Waals surface area (Å²) in [6, 6.07) is 0. The molecule has 0 atom stereocenters. The predicted octanol–water partition coefficient (Wildman–Crippen LogP) is 3.67. The van der Waals surface area contributed by atoms with Crippen molar-refractivity contribution in [2.45, 2.75) is 71.1 Å². The first-order chi connectivity index (χ1) is 7.81. The minimum absolute atomic E-state index is 0.0884. The molecule has 0 aliphatic heterocycles. The third-order valence-corrected chi connectivity index (χ3v) is 2.85. The van der Waals surface area contributed by atoms with E-state index in [-0.39, 0.29) is 12.4 Å². The molecule has 0 aromatic carbocycles. The maximum atomic E-state index is 11.0. The van der Waals surface area contributed by atoms with E-state index in [1.54, 1.807) is 0 Å². The van der Waals surface area contributed by atoms with Crippen molar-refractivity contribution in [3.63, 3.8) is 0 Å². The summed E-state index contributed by atoms with van der Waals surface area (Å²) in [5.41, 5.74) is 0. The summed E-state index contributed by atoms with van der Waals surface area (Å²) >= 11 is 0. The summed E-state index contributed by atoms with van der Waals surface area (Å²) < 4.78 is 0. The molecular formula is C14H27O2. The second-order valence-corrected chi connectivity index (χ2v) is 4.43. The van der Waals surface area contributed by atoms with Gasteiger partial charge in [0.15, 0.2) is 0 Å². The third-order valence-electron chi connectivity index (χ3n) is 2.85. The number of carbonyl (C=O) groups is 1. The smallest absolute Gasteiger partial charge is 0.139 e. The molecule has 0 saturated heterocycles. The third kappa shape index (κ3) is 11.7. The number of carbonyl (C=O) groups excluding carboxylic acids is 1. The number of unbranched alkanes of at least 4 members (excludes halogenated alkanes) is 8. The molecule has 16 heavy (non-hydrogen) atoms. The lowest BCUT2D eigenvalue weighted by atomic mass is 10.0. The van der Waals surface area contributed by atoms with Crippen molar-refractivity contribution in [3.05, 3.63) is 6.42 Å². The zero-order valence-corrected chi connectivity index (χ0v) is 10.7. The Bertz CT molecular complexity index is 155. The van der Waals surface area contributed by atoms with Crippen LogP contribution in [0.5, 0.6) is 0 Å². The van der Waals surface area contributed by atoms with Gasteiger partial charge in [-0.15, -0.1) is 0 Å². The molecule has 0 unspecified atom stereocenters. The molecule has 0 heterocycles. The van der Waals surface area contributed by atoms with Gasteiger partial charge in [-0.25, -0.2) is 0 Å². The maximum absolute atomic E-state index is 11.0. The van der Waals surface area contributed by atoms with Crippen LogP contribution >= 0.6 is 0 Å². The molecule has 0 aliphatic rings. The van der Waals surface area contributed by atoms with Gasteiger partial charge < -0.3 is 5.11 Å². The summed E-state index contributed by atoms with van der Waals surface area (Å²) in [7, 11) is 0. The van der Waals surface area contributed by atoms with E-state index < -0.39 is 0 Å². The average molecular weight is 227 g/mol. The first-order valence-electron chi connectivity index (χ1n) is 6.78. The summed E-state index contributed by atoms with van der Waals surface area (Å²) in [4.78, 5) is 11.0. The van der Waals surface area contributed by atoms with E-state index in [4.69, 9.17) is 5.11 Å². The number of Topliss-reactive ketones (excluding diaryl/α,β-unsaturated/α-hetero) is 1. The first-order valence-corrected chi connectivity index (χ1v) is 6.78. The molecule has 0 saturated carbocycles. The Kier molecular flexibility index (Phi) is 12.4. The molecule has 0 fully saturated rings. The van der Waals surface area contributed by atoms with Crippen LogP contribution < -0.4 is 0 Å². The molecule has 1 radical (unpaired) electrons. The summed E-state index contributed by atoms with van der Waals surface area (Å²) in [5.74, 6) is 0.0884. The fourth-order valence-electron chi connectivity index (χ4n) is 1.81. The van der Waals surface area contributed by atoms with E-state index in [2.05, 4.69) is 6.92 Å². The molecular weight excluding hydrogens is 200 g/mol. The maximum Gasteiger partial charge on any atom is 0.139 e. The van der Waals surface area contributed by atoms with Crippen LogP contribution in [0.2, 0.25) is 0 Å². The van der Waals surface area contributed by atoms with E-state index in [9.17, 15) is 4.79 Å². The second kappa shape index (κ2) is 12.7. The number of aliphatic hydroxyl groups excluding tert-OH is 1. The molecule has 0 aliphatic carbocycles. The Morgan fingerprint density at radius 3 is 1.94 bits per heavy atom. The van der Waals surface area contributed by atoms with Crippen molar-refractivity contribution in [3.8, 4) is 0 Å². The van der Waals surface area contributed by atoms with Crippen molar-refractivity contribution in [1.82, 2.24) is 0 Å². The lowest BCUT2D eigenvalue weighted by Gasteiger charge is -2.01. The van der Waals surface area contributed by atoms with Crippen LogP contribution in [0.15, 0.2) is 0 Å². The monoisotopic (exact) mass is 227 g/mol. The minimum Gasteiger partial charge on any atom is -0.396 e. The second-order valence-electron chi connectivity index (χ2n) is 4.43. The zero-order chi connectivity index (χ0) is 12.1. The highest BCUT2D eigenvalue weighted by atomic mass is 16.3. The van der Waals surface area contributed by atoms with Crippen LogP contribution in [0.4, 0.5) is 0 Å². The van der Waals surface area contributed by atoms with E-state index >= 15 is 0 Å². The average Bonchev–Trinajstić information content (AvgIpc) is 2.27. The Labute approximate surface area is 100 Å². The number of ketones is 1. The van der Waals surface area contributed by atoms with Gasteiger partial charge in [0.1, 0.15) is 5.78 Å². The van der Waals surface area contributed by atoms with E-state index in [1.165, 1.54) is 51.4 Å². The van der Waals surface area contributed by atoms with Crippen LogP contribution in [0.3, 0.4) is 0 Å². The lowest BCUT2D eigenvalue weighted by molar-refractivity contribution is -0.116. The minimum atomic E-state index is -0.115. The highest BCUT2D eigenvalue weighted by Gasteiger charge is 2.00. The van der Waals surface area contributed by atoms with Crippen LogP contribution in [-0.2, 0) is 4.79 Å². The highest BCUT2D eigenvalue weighted by molar-refractivity contribution is 5.86. The van der Waals surface area contributed by atoms with Crippen LogP contribution in [0, 0.1) is 6.42 Å². The normalized spacial score (nSPS) is 10.6. The van der Waals surface area contributed by atoms with Crippen LogP contribution in [0.25, 0.3) is 0 Å². The SMILES string of the molecule is CCCCCCCCCCCC(=O)[CH]CO. The molecule has 2 heteroatoms. The van der Waals surface area contributed by atoms with Crippen LogP contribution in [0.1, 0.15) is 71.1 Å². The van der Waals surface area contributed by atoms with Crippen molar-refractivity contribution < 1.29 is 9.90 Å². The van der Waals surface area contributed by atoms with Gasteiger partial charge in [-0.3, -0.25) is 4.79 Å². The van der Waals surface area contributed by atoms with Gasteiger partial charge in [0.25, 0.3) is 0 Å². The summed E-state index contributed by atoms with van der Waals surface area (Å²) in [6.45, 7) is 2.12. The topological polar surface area (TPSA) is 37.3 Å². The van der Waals surface area contributed by atoms with E-state index in [0.29, 0.717) is 6.42 Å². The van der Waals surface area contributed by atoms with Gasteiger partial charge in [-0.1, -0.05) is 58.3 Å². The van der Waals surface area contributed by atoms with Gasteiger partial charge >= 0.3 is 0 Å². The Hall–Kier alpha value is -0.370. The number of hydrogen-bond donors (Lipinski definition) is 1. The Balaban J connectivity index is 3.01. The predicted molar refractivity (Wildman–Crippen MR) is 68.2 cm³/mol. The first kappa shape index (κ1) is 15.6. The molecule has 0 spiro atoms. The molecule has 2 nitrogen and oxygen atoms in total. The number of hydrogen-bond acceptors (Lipinski definition) is 2.